The summed E-state index contributed by atoms with van der Waals surface area (Å²) in [6.45, 7) is 15.2. The molecule has 0 aromatic rings. The normalized spacial score (nSPS) is 42.8. The van der Waals surface area contributed by atoms with Gasteiger partial charge in [-0.1, -0.05) is 18.6 Å². The zero-order valence-electron chi connectivity index (χ0n) is 16.8. The molecule has 4 heteroatoms. The van der Waals surface area contributed by atoms with E-state index in [1.54, 1.807) is 0 Å². The molecule has 0 N–H and O–H groups in total. The summed E-state index contributed by atoms with van der Waals surface area (Å²) in [7, 11) is 0. The van der Waals surface area contributed by atoms with Gasteiger partial charge in [0.1, 0.15) is 6.10 Å². The lowest BCUT2D eigenvalue weighted by molar-refractivity contribution is -0.167. The summed E-state index contributed by atoms with van der Waals surface area (Å²) in [4.78, 5) is 12.4. The predicted molar refractivity (Wildman–Crippen MR) is 97.2 cm³/mol. The fraction of sp³-hybridized carbons (Fsp3) is 0.857. The van der Waals surface area contributed by atoms with Crippen LogP contribution in [-0.4, -0.2) is 36.0 Å². The third-order valence-corrected chi connectivity index (χ3v) is 6.25. The molecule has 3 fully saturated rings. The molecule has 142 valence electrons. The maximum absolute atomic E-state index is 12.4. The van der Waals surface area contributed by atoms with Crippen molar-refractivity contribution in [3.63, 3.8) is 0 Å². The van der Waals surface area contributed by atoms with Gasteiger partial charge in [0.25, 0.3) is 0 Å². The Morgan fingerprint density at radius 2 is 1.96 bits per heavy atom. The first-order chi connectivity index (χ1) is 11.5. The van der Waals surface area contributed by atoms with E-state index >= 15 is 0 Å². The summed E-state index contributed by atoms with van der Waals surface area (Å²) in [5, 5.41) is 0. The number of ether oxygens (including phenoxy) is 3. The van der Waals surface area contributed by atoms with Gasteiger partial charge in [0.15, 0.2) is 0 Å². The summed E-state index contributed by atoms with van der Waals surface area (Å²) in [6.07, 6.45) is 5.24. The Morgan fingerprint density at radius 3 is 2.48 bits per heavy atom. The van der Waals surface area contributed by atoms with E-state index in [2.05, 4.69) is 33.8 Å². The molecule has 3 aliphatic rings. The van der Waals surface area contributed by atoms with Crippen LogP contribution in [0.5, 0.6) is 0 Å². The minimum atomic E-state index is -0.466. The molecule has 1 saturated carbocycles. The lowest BCUT2D eigenvalue weighted by atomic mass is 9.64. The molecule has 2 saturated heterocycles. The topological polar surface area (TPSA) is 51.4 Å². The van der Waals surface area contributed by atoms with Gasteiger partial charge in [0, 0.05) is 11.8 Å². The molecule has 0 amide bonds. The van der Waals surface area contributed by atoms with Crippen LogP contribution in [0.25, 0.3) is 0 Å². The SMILES string of the molecule is CC(C)=CC[C@H]1O[C@]1(C)[C@H]1[C@H](C)[C@H](OC(=O)C(C)(C)C)CC[C@]12CO2. The van der Waals surface area contributed by atoms with Crippen LogP contribution >= 0.6 is 0 Å². The number of rotatable bonds is 4. The second kappa shape index (κ2) is 6.09. The summed E-state index contributed by atoms with van der Waals surface area (Å²) in [5.74, 6) is 0.407. The van der Waals surface area contributed by atoms with Crippen LogP contribution in [0.3, 0.4) is 0 Å². The maximum Gasteiger partial charge on any atom is 0.311 e. The van der Waals surface area contributed by atoms with Crippen molar-refractivity contribution in [1.29, 1.82) is 0 Å². The number of esters is 1. The third kappa shape index (κ3) is 3.52. The number of carbonyl (C=O) groups is 1. The molecular weight excluding hydrogens is 316 g/mol. The average Bonchev–Trinajstić information content (AvgIpc) is 3.38. The zero-order chi connectivity index (χ0) is 18.6. The van der Waals surface area contributed by atoms with E-state index in [1.165, 1.54) is 5.57 Å². The van der Waals surface area contributed by atoms with Crippen molar-refractivity contribution in [2.24, 2.45) is 17.3 Å². The minimum Gasteiger partial charge on any atom is -0.462 e. The van der Waals surface area contributed by atoms with Gasteiger partial charge >= 0.3 is 5.97 Å². The molecule has 1 spiro atoms. The van der Waals surface area contributed by atoms with Gasteiger partial charge in [-0.3, -0.25) is 4.79 Å². The van der Waals surface area contributed by atoms with Gasteiger partial charge in [-0.15, -0.1) is 0 Å². The largest absolute Gasteiger partial charge is 0.462 e. The number of epoxide rings is 2. The molecule has 25 heavy (non-hydrogen) atoms. The Morgan fingerprint density at radius 1 is 1.32 bits per heavy atom. The highest BCUT2D eigenvalue weighted by Gasteiger charge is 2.70. The molecule has 6 atom stereocenters. The van der Waals surface area contributed by atoms with E-state index in [9.17, 15) is 4.79 Å². The molecular formula is C21H34O4. The lowest BCUT2D eigenvalue weighted by Gasteiger charge is -2.42. The monoisotopic (exact) mass is 350 g/mol. The van der Waals surface area contributed by atoms with Crippen molar-refractivity contribution < 1.29 is 19.0 Å². The Kier molecular flexibility index (Phi) is 4.61. The van der Waals surface area contributed by atoms with Crippen LogP contribution in [0.1, 0.15) is 67.7 Å². The molecule has 0 aromatic carbocycles. The Balaban J connectivity index is 1.73. The van der Waals surface area contributed by atoms with Crippen molar-refractivity contribution in [3.05, 3.63) is 11.6 Å². The Hall–Kier alpha value is -0.870. The summed E-state index contributed by atoms with van der Waals surface area (Å²) in [5.41, 5.74) is 0.628. The lowest BCUT2D eigenvalue weighted by Crippen LogP contribution is -2.51. The maximum atomic E-state index is 12.4. The van der Waals surface area contributed by atoms with Gasteiger partial charge in [-0.2, -0.15) is 0 Å². The molecule has 4 nitrogen and oxygen atoms in total. The second-order valence-electron chi connectivity index (χ2n) is 9.73. The smallest absolute Gasteiger partial charge is 0.311 e. The number of hydrogen-bond donors (Lipinski definition) is 0. The molecule has 2 heterocycles. The number of hydrogen-bond acceptors (Lipinski definition) is 4. The summed E-state index contributed by atoms with van der Waals surface area (Å²) in [6, 6.07) is 0. The van der Waals surface area contributed by atoms with Crippen molar-refractivity contribution in [2.75, 3.05) is 6.61 Å². The third-order valence-electron chi connectivity index (χ3n) is 6.25. The highest BCUT2D eigenvalue weighted by Crippen LogP contribution is 2.60. The first-order valence-electron chi connectivity index (χ1n) is 9.66. The van der Waals surface area contributed by atoms with Gasteiger partial charge in [0.2, 0.25) is 0 Å². The fourth-order valence-corrected chi connectivity index (χ4v) is 4.61. The molecule has 0 aromatic heterocycles. The minimum absolute atomic E-state index is 0.0447. The van der Waals surface area contributed by atoms with E-state index in [4.69, 9.17) is 14.2 Å². The van der Waals surface area contributed by atoms with Gasteiger partial charge in [0.05, 0.1) is 29.3 Å². The van der Waals surface area contributed by atoms with E-state index in [-0.39, 0.29) is 41.2 Å². The van der Waals surface area contributed by atoms with Gasteiger partial charge in [-0.25, -0.2) is 0 Å². The molecule has 2 aliphatic heterocycles. The first-order valence-corrected chi connectivity index (χ1v) is 9.66. The van der Waals surface area contributed by atoms with Crippen molar-refractivity contribution in [2.45, 2.75) is 91.1 Å². The van der Waals surface area contributed by atoms with Crippen LogP contribution in [0.4, 0.5) is 0 Å². The quantitative estimate of drug-likeness (QED) is 0.431. The van der Waals surface area contributed by atoms with E-state index < -0.39 is 5.41 Å². The average molecular weight is 350 g/mol. The van der Waals surface area contributed by atoms with Crippen molar-refractivity contribution in [3.8, 4) is 0 Å². The molecule has 0 radical (unpaired) electrons. The Labute approximate surface area is 152 Å². The fourth-order valence-electron chi connectivity index (χ4n) is 4.61. The molecule has 0 unspecified atom stereocenters. The molecule has 1 aliphatic carbocycles. The van der Waals surface area contributed by atoms with Gasteiger partial charge < -0.3 is 14.2 Å². The predicted octanol–water partition coefficient (Wildman–Crippen LogP) is 4.27. The summed E-state index contributed by atoms with van der Waals surface area (Å²) < 4.78 is 18.1. The van der Waals surface area contributed by atoms with E-state index in [0.717, 1.165) is 25.9 Å². The van der Waals surface area contributed by atoms with Crippen LogP contribution in [-0.2, 0) is 19.0 Å². The molecule has 3 rings (SSSR count). The van der Waals surface area contributed by atoms with Crippen LogP contribution < -0.4 is 0 Å². The van der Waals surface area contributed by atoms with E-state index in [1.807, 2.05) is 20.8 Å². The van der Waals surface area contributed by atoms with Crippen LogP contribution in [0.15, 0.2) is 11.6 Å². The second-order valence-corrected chi connectivity index (χ2v) is 9.73. The number of carbonyl (C=O) groups excluding carboxylic acids is 1. The number of allylic oxidation sites excluding steroid dienone is 1. The van der Waals surface area contributed by atoms with Crippen molar-refractivity contribution in [1.82, 2.24) is 0 Å². The first kappa shape index (κ1) is 18.9. The zero-order valence-corrected chi connectivity index (χ0v) is 16.8. The highest BCUT2D eigenvalue weighted by atomic mass is 16.6. The Bertz CT molecular complexity index is 565. The standard InChI is InChI=1S/C21H34O4/c1-13(2)8-9-16-20(7,25-16)17-14(3)15(10-11-21(17)12-23-21)24-18(22)19(4,5)6/h8,14-17H,9-12H2,1-7H3/t14-,15-,16-,17-,20+,21+/m1/s1. The van der Waals surface area contributed by atoms with Crippen LogP contribution in [0.2, 0.25) is 0 Å². The van der Waals surface area contributed by atoms with Gasteiger partial charge in [-0.05, 0) is 60.8 Å². The summed E-state index contributed by atoms with van der Waals surface area (Å²) >= 11 is 0. The van der Waals surface area contributed by atoms with Crippen LogP contribution in [0, 0.1) is 17.3 Å². The highest BCUT2D eigenvalue weighted by molar-refractivity contribution is 5.75. The van der Waals surface area contributed by atoms with E-state index in [0.29, 0.717) is 0 Å². The molecule has 0 bridgehead atoms. The van der Waals surface area contributed by atoms with Crippen molar-refractivity contribution >= 4 is 5.97 Å².